The van der Waals surface area contributed by atoms with E-state index in [9.17, 15) is 8.42 Å². The Morgan fingerprint density at radius 1 is 1.15 bits per heavy atom. The van der Waals surface area contributed by atoms with Gasteiger partial charge in [0.2, 0.25) is 10.0 Å². The molecule has 2 fully saturated rings. The molecule has 2 aromatic rings. The molecule has 0 saturated heterocycles. The molecule has 0 spiro atoms. The third-order valence-electron chi connectivity index (χ3n) is 4.49. The zero-order valence-corrected chi connectivity index (χ0v) is 12.5. The van der Waals surface area contributed by atoms with Gasteiger partial charge in [0.15, 0.2) is 0 Å². The molecule has 2 saturated carbocycles. The van der Waals surface area contributed by atoms with Gasteiger partial charge in [-0.2, -0.15) is 8.75 Å². The van der Waals surface area contributed by atoms with Crippen LogP contribution in [-0.4, -0.2) is 23.2 Å². The van der Waals surface area contributed by atoms with Crippen LogP contribution in [-0.2, 0) is 10.0 Å². The van der Waals surface area contributed by atoms with Gasteiger partial charge in [-0.25, -0.2) is 13.1 Å². The van der Waals surface area contributed by atoms with Crippen molar-refractivity contribution in [2.75, 3.05) is 0 Å². The van der Waals surface area contributed by atoms with Gasteiger partial charge in [0.25, 0.3) is 0 Å². The summed E-state index contributed by atoms with van der Waals surface area (Å²) in [6, 6.07) is 5.25. The Morgan fingerprint density at radius 3 is 2.65 bits per heavy atom. The molecule has 1 aromatic carbocycles. The lowest BCUT2D eigenvalue weighted by molar-refractivity contribution is 0.480. The van der Waals surface area contributed by atoms with Crippen molar-refractivity contribution in [3.05, 3.63) is 18.2 Å². The number of nitrogens with zero attached hydrogens (tertiary/aromatic N) is 2. The van der Waals surface area contributed by atoms with Crippen molar-refractivity contribution in [3.8, 4) is 0 Å². The predicted molar refractivity (Wildman–Crippen MR) is 77.0 cm³/mol. The predicted octanol–water partition coefficient (Wildman–Crippen LogP) is 2.16. The summed E-state index contributed by atoms with van der Waals surface area (Å²) < 4.78 is 36.2. The van der Waals surface area contributed by atoms with E-state index in [4.69, 9.17) is 0 Å². The minimum atomic E-state index is -3.50. The van der Waals surface area contributed by atoms with Crippen LogP contribution in [0.25, 0.3) is 11.0 Å². The Kier molecular flexibility index (Phi) is 2.84. The van der Waals surface area contributed by atoms with Crippen LogP contribution in [0.4, 0.5) is 0 Å². The van der Waals surface area contributed by atoms with E-state index < -0.39 is 10.0 Å². The van der Waals surface area contributed by atoms with Crippen LogP contribution in [0.1, 0.15) is 25.7 Å². The van der Waals surface area contributed by atoms with Crippen LogP contribution < -0.4 is 4.72 Å². The van der Waals surface area contributed by atoms with Crippen LogP contribution in [0.5, 0.6) is 0 Å². The van der Waals surface area contributed by atoms with Crippen molar-refractivity contribution in [1.29, 1.82) is 0 Å². The van der Waals surface area contributed by atoms with Crippen LogP contribution in [0.15, 0.2) is 23.1 Å². The first kappa shape index (κ1) is 12.7. The second-order valence-corrected chi connectivity index (χ2v) is 7.86. The second-order valence-electron chi connectivity index (χ2n) is 5.65. The maximum atomic E-state index is 12.6. The first-order valence-corrected chi connectivity index (χ1v) is 9.12. The third-order valence-corrected chi connectivity index (χ3v) is 6.52. The van der Waals surface area contributed by atoms with Crippen LogP contribution >= 0.6 is 11.7 Å². The topological polar surface area (TPSA) is 72.0 Å². The Bertz CT molecular complexity index is 744. The number of fused-ring (bicyclic) bond motifs is 2. The molecule has 0 unspecified atom stereocenters. The quantitative estimate of drug-likeness (QED) is 0.943. The van der Waals surface area contributed by atoms with E-state index in [1.54, 1.807) is 18.2 Å². The molecule has 20 heavy (non-hydrogen) atoms. The van der Waals surface area contributed by atoms with Crippen molar-refractivity contribution in [3.63, 3.8) is 0 Å². The number of aromatic nitrogens is 2. The highest BCUT2D eigenvalue weighted by molar-refractivity contribution is 7.89. The minimum Gasteiger partial charge on any atom is -0.207 e. The largest absolute Gasteiger partial charge is 0.243 e. The molecule has 2 aliphatic carbocycles. The SMILES string of the molecule is O=S(=O)(NC1[C@H]2CCCC[C@H]12)c1cccc2nsnc12. The lowest BCUT2D eigenvalue weighted by Gasteiger charge is -2.06. The molecule has 0 bridgehead atoms. The summed E-state index contributed by atoms with van der Waals surface area (Å²) in [7, 11) is -3.50. The summed E-state index contributed by atoms with van der Waals surface area (Å²) in [5.74, 6) is 1.09. The Balaban J connectivity index is 1.65. The highest BCUT2D eigenvalue weighted by atomic mass is 32.2. The molecule has 0 radical (unpaired) electrons. The molecule has 106 valence electrons. The highest BCUT2D eigenvalue weighted by Crippen LogP contribution is 2.50. The zero-order chi connectivity index (χ0) is 13.7. The molecule has 2 aliphatic rings. The molecule has 4 rings (SSSR count). The normalized spacial score (nSPS) is 29.3. The number of hydrogen-bond donors (Lipinski definition) is 1. The monoisotopic (exact) mass is 309 g/mol. The van der Waals surface area contributed by atoms with Gasteiger partial charge >= 0.3 is 0 Å². The molecule has 7 heteroatoms. The van der Waals surface area contributed by atoms with Crippen LogP contribution in [0.2, 0.25) is 0 Å². The van der Waals surface area contributed by atoms with Crippen molar-refractivity contribution in [2.24, 2.45) is 11.8 Å². The summed E-state index contributed by atoms with van der Waals surface area (Å²) in [6.07, 6.45) is 4.76. The second kappa shape index (κ2) is 4.47. The maximum absolute atomic E-state index is 12.6. The summed E-state index contributed by atoms with van der Waals surface area (Å²) in [6.45, 7) is 0. The molecule has 1 aromatic heterocycles. The van der Waals surface area contributed by atoms with E-state index in [-0.39, 0.29) is 10.9 Å². The summed E-state index contributed by atoms with van der Waals surface area (Å²) in [5.41, 5.74) is 1.12. The first-order chi connectivity index (χ1) is 9.67. The number of rotatable bonds is 3. The van der Waals surface area contributed by atoms with E-state index in [0.29, 0.717) is 22.9 Å². The summed E-state index contributed by atoms with van der Waals surface area (Å²) >= 11 is 1.05. The van der Waals surface area contributed by atoms with E-state index >= 15 is 0 Å². The standard InChI is InChI=1S/C13H15N3O2S2/c17-20(18,16-12-8-4-1-2-5-9(8)12)11-7-3-6-10-13(11)15-19-14-10/h3,6-9,12,16H,1-2,4-5H2/t8-,9-/m0/s1. The van der Waals surface area contributed by atoms with Crippen LogP contribution in [0.3, 0.4) is 0 Å². The van der Waals surface area contributed by atoms with Gasteiger partial charge in [-0.3, -0.25) is 0 Å². The average molecular weight is 309 g/mol. The number of nitrogens with one attached hydrogen (secondary N) is 1. The van der Waals surface area contributed by atoms with Gasteiger partial charge < -0.3 is 0 Å². The van der Waals surface area contributed by atoms with Crippen molar-refractivity contribution >= 4 is 32.8 Å². The fraction of sp³-hybridized carbons (Fsp3) is 0.538. The number of benzene rings is 1. The van der Waals surface area contributed by atoms with Gasteiger partial charge in [0, 0.05) is 6.04 Å². The lowest BCUT2D eigenvalue weighted by Crippen LogP contribution is -2.28. The molecule has 0 aliphatic heterocycles. The molecule has 5 nitrogen and oxygen atoms in total. The van der Waals surface area contributed by atoms with E-state index in [2.05, 4.69) is 13.5 Å². The third kappa shape index (κ3) is 1.96. The molecular formula is C13H15N3O2S2. The average Bonchev–Trinajstić information content (AvgIpc) is 2.92. The van der Waals surface area contributed by atoms with Gasteiger partial charge in [0.05, 0.1) is 11.7 Å². The summed E-state index contributed by atoms with van der Waals surface area (Å²) in [4.78, 5) is 0.257. The zero-order valence-electron chi connectivity index (χ0n) is 10.8. The lowest BCUT2D eigenvalue weighted by atomic mass is 10.0. The molecule has 0 amide bonds. The Morgan fingerprint density at radius 2 is 1.90 bits per heavy atom. The van der Waals surface area contributed by atoms with Crippen molar-refractivity contribution in [1.82, 2.24) is 13.5 Å². The van der Waals surface area contributed by atoms with Gasteiger partial charge in [-0.05, 0) is 36.8 Å². The van der Waals surface area contributed by atoms with Crippen LogP contribution in [0, 0.1) is 11.8 Å². The smallest absolute Gasteiger partial charge is 0.207 e. The molecular weight excluding hydrogens is 294 g/mol. The Hall–Kier alpha value is -1.05. The highest BCUT2D eigenvalue weighted by Gasteiger charge is 2.52. The van der Waals surface area contributed by atoms with E-state index in [1.165, 1.54) is 12.8 Å². The minimum absolute atomic E-state index is 0.129. The number of hydrogen-bond acceptors (Lipinski definition) is 5. The molecule has 1 N–H and O–H groups in total. The van der Waals surface area contributed by atoms with E-state index in [1.807, 2.05) is 0 Å². The van der Waals surface area contributed by atoms with Gasteiger partial charge in [-0.15, -0.1) is 0 Å². The van der Waals surface area contributed by atoms with Crippen molar-refractivity contribution in [2.45, 2.75) is 36.6 Å². The molecule has 1 heterocycles. The van der Waals surface area contributed by atoms with Crippen molar-refractivity contribution < 1.29 is 8.42 Å². The number of sulfonamides is 1. The summed E-state index contributed by atoms with van der Waals surface area (Å²) in [5, 5.41) is 0. The fourth-order valence-electron chi connectivity index (χ4n) is 3.41. The van der Waals surface area contributed by atoms with Gasteiger partial charge in [-0.1, -0.05) is 18.9 Å². The van der Waals surface area contributed by atoms with Gasteiger partial charge in [0.1, 0.15) is 15.9 Å². The fourth-order valence-corrected chi connectivity index (χ4v) is 5.51. The first-order valence-electron chi connectivity index (χ1n) is 6.90. The molecule has 2 atom stereocenters. The van der Waals surface area contributed by atoms with E-state index in [0.717, 1.165) is 24.6 Å². The Labute approximate surface area is 121 Å². The maximum Gasteiger partial charge on any atom is 0.243 e.